The van der Waals surface area contributed by atoms with Crippen molar-refractivity contribution in [2.24, 2.45) is 5.73 Å². The third-order valence-corrected chi connectivity index (χ3v) is 2.46. The molecule has 3 nitrogen and oxygen atoms in total. The number of nitrogens with two attached hydrogens (primary N) is 1. The molecular weight excluding hydrogens is 262 g/mol. The number of nitrogens with one attached hydrogen (secondary N) is 1. The lowest BCUT2D eigenvalue weighted by Gasteiger charge is -2.27. The summed E-state index contributed by atoms with van der Waals surface area (Å²) < 4.78 is 25.9. The largest absolute Gasteiger partial charge is 0.347 e. The molecule has 0 aliphatic carbocycles. The maximum Gasteiger partial charge on any atom is 0.221 e. The minimum atomic E-state index is -0.927. The van der Waals surface area contributed by atoms with E-state index in [2.05, 4.69) is 5.32 Å². The predicted molar refractivity (Wildman–Crippen MR) is 68.4 cm³/mol. The van der Waals surface area contributed by atoms with Gasteiger partial charge in [-0.2, -0.15) is 0 Å². The lowest BCUT2D eigenvalue weighted by Crippen LogP contribution is -2.41. The van der Waals surface area contributed by atoms with E-state index in [1.54, 1.807) is 13.8 Å². The second-order valence-corrected chi connectivity index (χ2v) is 4.34. The fourth-order valence-electron chi connectivity index (χ4n) is 1.50. The molecule has 1 rings (SSSR count). The Balaban J connectivity index is 0.00000289. The molecule has 18 heavy (non-hydrogen) atoms. The zero-order valence-electron chi connectivity index (χ0n) is 10.3. The summed E-state index contributed by atoms with van der Waals surface area (Å²) in [6.07, 6.45) is 0.201. The van der Waals surface area contributed by atoms with Gasteiger partial charge >= 0.3 is 0 Å². The first-order chi connectivity index (χ1) is 7.86. The molecule has 0 atom stereocenters. The molecule has 0 saturated heterocycles. The van der Waals surface area contributed by atoms with Crippen LogP contribution in [0.15, 0.2) is 18.2 Å². The molecule has 0 aromatic heterocycles. The minimum Gasteiger partial charge on any atom is -0.347 e. The van der Waals surface area contributed by atoms with Crippen LogP contribution in [0, 0.1) is 11.6 Å². The summed E-state index contributed by atoms with van der Waals surface area (Å²) in [4.78, 5) is 11.4. The van der Waals surface area contributed by atoms with Crippen LogP contribution in [-0.4, -0.2) is 12.5 Å². The average molecular weight is 279 g/mol. The summed E-state index contributed by atoms with van der Waals surface area (Å²) in [7, 11) is 0. The van der Waals surface area contributed by atoms with Gasteiger partial charge in [0.15, 0.2) is 11.6 Å². The number of benzene rings is 1. The molecular formula is C12H17ClF2N2O. The Morgan fingerprint density at radius 1 is 1.33 bits per heavy atom. The van der Waals surface area contributed by atoms with Crippen molar-refractivity contribution in [3.8, 4) is 0 Å². The van der Waals surface area contributed by atoms with Gasteiger partial charge in [0.2, 0.25) is 5.91 Å². The van der Waals surface area contributed by atoms with E-state index in [1.165, 1.54) is 6.07 Å². The van der Waals surface area contributed by atoms with Gasteiger partial charge < -0.3 is 11.1 Å². The van der Waals surface area contributed by atoms with Crippen LogP contribution in [-0.2, 0) is 10.3 Å². The van der Waals surface area contributed by atoms with E-state index < -0.39 is 17.2 Å². The molecule has 0 saturated carbocycles. The summed E-state index contributed by atoms with van der Waals surface area (Å²) in [6, 6.07) is 3.57. The lowest BCUT2D eigenvalue weighted by atomic mass is 9.94. The first kappa shape index (κ1) is 16.8. The molecule has 0 fully saturated rings. The van der Waals surface area contributed by atoms with Crippen molar-refractivity contribution in [1.82, 2.24) is 5.32 Å². The molecule has 0 aliphatic heterocycles. The molecule has 0 heterocycles. The second kappa shape index (κ2) is 6.66. The van der Waals surface area contributed by atoms with Crippen LogP contribution >= 0.6 is 12.4 Å². The molecule has 0 aliphatic rings. The minimum absolute atomic E-state index is 0. The van der Waals surface area contributed by atoms with Crippen molar-refractivity contribution >= 4 is 18.3 Å². The Kier molecular flexibility index (Phi) is 6.21. The molecule has 1 aromatic carbocycles. The molecule has 3 N–H and O–H groups in total. The molecule has 0 spiro atoms. The zero-order valence-corrected chi connectivity index (χ0v) is 11.1. The fourth-order valence-corrected chi connectivity index (χ4v) is 1.50. The highest BCUT2D eigenvalue weighted by atomic mass is 35.5. The summed E-state index contributed by atoms with van der Waals surface area (Å²) in [5, 5.41) is 2.71. The molecule has 0 unspecified atom stereocenters. The third kappa shape index (κ3) is 4.23. The van der Waals surface area contributed by atoms with Gasteiger partial charge in [-0.1, -0.05) is 6.07 Å². The topological polar surface area (TPSA) is 55.1 Å². The van der Waals surface area contributed by atoms with Crippen LogP contribution in [0.1, 0.15) is 25.8 Å². The maximum atomic E-state index is 13.1. The number of rotatable bonds is 4. The smallest absolute Gasteiger partial charge is 0.221 e. The highest BCUT2D eigenvalue weighted by Gasteiger charge is 2.23. The highest BCUT2D eigenvalue weighted by Crippen LogP contribution is 2.22. The van der Waals surface area contributed by atoms with Crippen molar-refractivity contribution in [2.75, 3.05) is 6.54 Å². The van der Waals surface area contributed by atoms with Crippen molar-refractivity contribution in [2.45, 2.75) is 25.8 Å². The van der Waals surface area contributed by atoms with Gasteiger partial charge in [-0.15, -0.1) is 12.4 Å². The van der Waals surface area contributed by atoms with E-state index in [9.17, 15) is 13.6 Å². The van der Waals surface area contributed by atoms with Gasteiger partial charge in [0.1, 0.15) is 0 Å². The van der Waals surface area contributed by atoms with E-state index in [0.717, 1.165) is 12.1 Å². The van der Waals surface area contributed by atoms with Crippen molar-refractivity contribution in [3.05, 3.63) is 35.4 Å². The summed E-state index contributed by atoms with van der Waals surface area (Å²) in [6.45, 7) is 3.68. The van der Waals surface area contributed by atoms with Crippen LogP contribution in [0.2, 0.25) is 0 Å². The molecule has 102 valence electrons. The molecule has 6 heteroatoms. The van der Waals surface area contributed by atoms with Gasteiger partial charge in [-0.3, -0.25) is 4.79 Å². The Bertz CT molecular complexity index is 425. The van der Waals surface area contributed by atoms with Crippen molar-refractivity contribution in [3.63, 3.8) is 0 Å². The Morgan fingerprint density at radius 2 is 1.94 bits per heavy atom. The monoisotopic (exact) mass is 278 g/mol. The quantitative estimate of drug-likeness (QED) is 0.886. The molecule has 1 amide bonds. The van der Waals surface area contributed by atoms with E-state index in [1.807, 2.05) is 0 Å². The summed E-state index contributed by atoms with van der Waals surface area (Å²) >= 11 is 0. The number of hydrogen-bond acceptors (Lipinski definition) is 2. The number of carbonyl (C=O) groups is 1. The van der Waals surface area contributed by atoms with Crippen LogP contribution < -0.4 is 11.1 Å². The lowest BCUT2D eigenvalue weighted by molar-refractivity contribution is -0.122. The van der Waals surface area contributed by atoms with Gasteiger partial charge in [-0.05, 0) is 31.5 Å². The summed E-state index contributed by atoms with van der Waals surface area (Å²) in [5.41, 5.74) is 5.00. The summed E-state index contributed by atoms with van der Waals surface area (Å²) in [5.74, 6) is -2.05. The van der Waals surface area contributed by atoms with Crippen LogP contribution in [0.3, 0.4) is 0 Å². The van der Waals surface area contributed by atoms with E-state index in [0.29, 0.717) is 5.56 Å². The second-order valence-electron chi connectivity index (χ2n) is 4.34. The Labute approximate surface area is 111 Å². The normalized spacial score (nSPS) is 10.7. The Morgan fingerprint density at radius 3 is 2.44 bits per heavy atom. The van der Waals surface area contributed by atoms with Gasteiger partial charge in [-0.25, -0.2) is 8.78 Å². The zero-order chi connectivity index (χ0) is 13.1. The first-order valence-electron chi connectivity index (χ1n) is 5.33. The molecule has 0 radical (unpaired) electrons. The molecule has 0 bridgehead atoms. The number of halogens is 3. The Hall–Kier alpha value is -1.20. The number of amides is 1. The van der Waals surface area contributed by atoms with E-state index >= 15 is 0 Å². The van der Waals surface area contributed by atoms with Crippen molar-refractivity contribution < 1.29 is 13.6 Å². The first-order valence-corrected chi connectivity index (χ1v) is 5.33. The van der Waals surface area contributed by atoms with Gasteiger partial charge in [0.05, 0.1) is 5.54 Å². The van der Waals surface area contributed by atoms with Crippen LogP contribution in [0.5, 0.6) is 0 Å². The maximum absolute atomic E-state index is 13.1. The molecule has 1 aromatic rings. The average Bonchev–Trinajstić information content (AvgIpc) is 2.21. The standard InChI is InChI=1S/C12H16F2N2O.ClH/c1-12(2,16-11(17)5-6-15)8-3-4-9(13)10(14)7-8;/h3-4,7H,5-6,15H2,1-2H3,(H,16,17);1H. The van der Waals surface area contributed by atoms with E-state index in [4.69, 9.17) is 5.73 Å². The predicted octanol–water partition coefficient (Wildman–Crippen LogP) is 2.09. The SMILES string of the molecule is CC(C)(NC(=O)CCN)c1ccc(F)c(F)c1.Cl. The fraction of sp³-hybridized carbons (Fsp3) is 0.417. The van der Waals surface area contributed by atoms with Gasteiger partial charge in [0.25, 0.3) is 0 Å². The van der Waals surface area contributed by atoms with Gasteiger partial charge in [0, 0.05) is 13.0 Å². The number of hydrogen-bond donors (Lipinski definition) is 2. The van der Waals surface area contributed by atoms with Crippen LogP contribution in [0.25, 0.3) is 0 Å². The van der Waals surface area contributed by atoms with Crippen molar-refractivity contribution in [1.29, 1.82) is 0 Å². The van der Waals surface area contributed by atoms with Crippen LogP contribution in [0.4, 0.5) is 8.78 Å². The number of carbonyl (C=O) groups excluding carboxylic acids is 1. The highest BCUT2D eigenvalue weighted by molar-refractivity contribution is 5.85. The third-order valence-electron chi connectivity index (χ3n) is 2.46. The van der Waals surface area contributed by atoms with E-state index in [-0.39, 0.29) is 31.3 Å².